The lowest BCUT2D eigenvalue weighted by Crippen LogP contribution is -2.39. The molecule has 0 aromatic carbocycles. The summed E-state index contributed by atoms with van der Waals surface area (Å²) in [6.45, 7) is 1.11. The first-order valence-corrected chi connectivity index (χ1v) is 6.47. The first-order chi connectivity index (χ1) is 9.60. The zero-order valence-corrected chi connectivity index (χ0v) is 11.0. The predicted octanol–water partition coefficient (Wildman–Crippen LogP) is 1.28. The maximum atomic E-state index is 12.2. The number of piperidine rings is 1. The highest BCUT2D eigenvalue weighted by atomic mass is 16.4. The molecule has 1 amide bonds. The van der Waals surface area contributed by atoms with E-state index in [0.717, 1.165) is 0 Å². The number of aliphatic carboxylic acids is 1. The van der Waals surface area contributed by atoms with Crippen molar-refractivity contribution in [1.82, 2.24) is 9.88 Å². The molecule has 0 aliphatic carbocycles. The second kappa shape index (κ2) is 6.15. The monoisotopic (exact) mass is 273 g/mol. The molecule has 1 fully saturated rings. The van der Waals surface area contributed by atoms with Crippen molar-refractivity contribution in [3.05, 3.63) is 29.6 Å². The molecular formula is C14H15N3O3. The van der Waals surface area contributed by atoms with Gasteiger partial charge in [0.05, 0.1) is 5.56 Å². The van der Waals surface area contributed by atoms with E-state index < -0.39 is 5.97 Å². The third kappa shape index (κ3) is 3.32. The number of nitriles is 1. The minimum Gasteiger partial charge on any atom is -0.481 e. The van der Waals surface area contributed by atoms with E-state index in [2.05, 4.69) is 4.98 Å². The van der Waals surface area contributed by atoms with E-state index in [4.69, 9.17) is 10.4 Å². The van der Waals surface area contributed by atoms with E-state index in [-0.39, 0.29) is 18.2 Å². The van der Waals surface area contributed by atoms with E-state index in [1.54, 1.807) is 17.0 Å². The lowest BCUT2D eigenvalue weighted by atomic mass is 9.93. The molecule has 6 nitrogen and oxygen atoms in total. The van der Waals surface area contributed by atoms with Crippen molar-refractivity contribution in [1.29, 1.82) is 5.26 Å². The lowest BCUT2D eigenvalue weighted by Gasteiger charge is -2.31. The number of carboxylic acid groups (broad SMARTS) is 1. The van der Waals surface area contributed by atoms with Crippen molar-refractivity contribution >= 4 is 11.9 Å². The second-order valence-electron chi connectivity index (χ2n) is 4.88. The van der Waals surface area contributed by atoms with Crippen molar-refractivity contribution in [2.75, 3.05) is 13.1 Å². The highest BCUT2D eigenvalue weighted by molar-refractivity contribution is 5.92. The Kier molecular flexibility index (Phi) is 4.31. The minimum absolute atomic E-state index is 0.144. The normalized spacial score (nSPS) is 15.7. The van der Waals surface area contributed by atoms with Gasteiger partial charge in [-0.2, -0.15) is 5.26 Å². The van der Waals surface area contributed by atoms with Gasteiger partial charge in [-0.05, 0) is 30.9 Å². The van der Waals surface area contributed by atoms with Crippen LogP contribution in [0.3, 0.4) is 0 Å². The molecule has 0 atom stereocenters. The van der Waals surface area contributed by atoms with Crippen molar-refractivity contribution in [2.45, 2.75) is 19.3 Å². The fourth-order valence-corrected chi connectivity index (χ4v) is 2.34. The van der Waals surface area contributed by atoms with Crippen LogP contribution in [-0.4, -0.2) is 40.0 Å². The van der Waals surface area contributed by atoms with Crippen LogP contribution in [0.2, 0.25) is 0 Å². The molecule has 1 N–H and O–H groups in total. The van der Waals surface area contributed by atoms with Gasteiger partial charge in [-0.25, -0.2) is 4.98 Å². The molecule has 1 aliphatic heterocycles. The Bertz CT molecular complexity index is 540. The van der Waals surface area contributed by atoms with Crippen molar-refractivity contribution in [2.24, 2.45) is 5.92 Å². The zero-order chi connectivity index (χ0) is 14.5. The van der Waals surface area contributed by atoms with Gasteiger partial charge in [0.2, 0.25) is 0 Å². The average Bonchev–Trinajstić information content (AvgIpc) is 2.47. The Balaban J connectivity index is 1.94. The number of carbonyl (C=O) groups is 2. The summed E-state index contributed by atoms with van der Waals surface area (Å²) >= 11 is 0. The van der Waals surface area contributed by atoms with Crippen molar-refractivity contribution in [3.63, 3.8) is 0 Å². The second-order valence-corrected chi connectivity index (χ2v) is 4.88. The molecule has 1 aromatic rings. The van der Waals surface area contributed by atoms with Gasteiger partial charge >= 0.3 is 5.97 Å². The van der Waals surface area contributed by atoms with Gasteiger partial charge in [0, 0.05) is 25.7 Å². The summed E-state index contributed by atoms with van der Waals surface area (Å²) < 4.78 is 0. The van der Waals surface area contributed by atoms with E-state index in [1.807, 2.05) is 6.07 Å². The first kappa shape index (κ1) is 14.0. The molecule has 104 valence electrons. The third-order valence-corrected chi connectivity index (χ3v) is 3.48. The number of pyridine rings is 1. The standard InChI is InChI=1S/C14H15N3O3/c15-8-11-1-2-12(16-9-11)14(20)17-5-3-10(4-6-17)7-13(18)19/h1-2,9-10H,3-7H2,(H,18,19). The molecule has 2 rings (SSSR count). The summed E-state index contributed by atoms with van der Waals surface area (Å²) in [5, 5.41) is 17.4. The Morgan fingerprint density at radius 2 is 2.10 bits per heavy atom. The summed E-state index contributed by atoms with van der Waals surface area (Å²) in [6, 6.07) is 5.07. The maximum Gasteiger partial charge on any atom is 0.303 e. The number of carboxylic acids is 1. The van der Waals surface area contributed by atoms with Gasteiger partial charge in [0.25, 0.3) is 5.91 Å². The third-order valence-electron chi connectivity index (χ3n) is 3.48. The molecule has 0 bridgehead atoms. The maximum absolute atomic E-state index is 12.2. The first-order valence-electron chi connectivity index (χ1n) is 6.47. The summed E-state index contributed by atoms with van der Waals surface area (Å²) in [5.74, 6) is -0.808. The molecule has 1 saturated heterocycles. The number of carbonyl (C=O) groups excluding carboxylic acids is 1. The Morgan fingerprint density at radius 3 is 2.60 bits per heavy atom. The largest absolute Gasteiger partial charge is 0.481 e. The Morgan fingerprint density at radius 1 is 1.40 bits per heavy atom. The Labute approximate surface area is 116 Å². The van der Waals surface area contributed by atoms with Gasteiger partial charge in [-0.1, -0.05) is 0 Å². The highest BCUT2D eigenvalue weighted by Crippen LogP contribution is 2.21. The van der Waals surface area contributed by atoms with Crippen LogP contribution < -0.4 is 0 Å². The van der Waals surface area contributed by atoms with Crippen LogP contribution in [0.4, 0.5) is 0 Å². The average molecular weight is 273 g/mol. The topological polar surface area (TPSA) is 94.3 Å². The zero-order valence-electron chi connectivity index (χ0n) is 11.0. The van der Waals surface area contributed by atoms with E-state index >= 15 is 0 Å². The van der Waals surface area contributed by atoms with E-state index in [1.165, 1.54) is 6.20 Å². The van der Waals surface area contributed by atoms with Crippen molar-refractivity contribution in [3.8, 4) is 6.07 Å². The fraction of sp³-hybridized carbons (Fsp3) is 0.429. The summed E-state index contributed by atoms with van der Waals surface area (Å²) in [5.41, 5.74) is 0.738. The number of hydrogen-bond acceptors (Lipinski definition) is 4. The molecule has 1 aromatic heterocycles. The van der Waals surface area contributed by atoms with Gasteiger partial charge < -0.3 is 10.0 Å². The van der Waals surface area contributed by atoms with Crippen LogP contribution in [0.15, 0.2) is 18.3 Å². The smallest absolute Gasteiger partial charge is 0.303 e. The summed E-state index contributed by atoms with van der Waals surface area (Å²) in [4.78, 5) is 28.5. The van der Waals surface area contributed by atoms with Crippen LogP contribution in [0.5, 0.6) is 0 Å². The van der Waals surface area contributed by atoms with Gasteiger partial charge in [0.1, 0.15) is 11.8 Å². The van der Waals surface area contributed by atoms with Crippen LogP contribution in [0.25, 0.3) is 0 Å². The van der Waals surface area contributed by atoms with Crippen LogP contribution >= 0.6 is 0 Å². The number of aromatic nitrogens is 1. The van der Waals surface area contributed by atoms with Crippen LogP contribution in [0.1, 0.15) is 35.3 Å². The molecule has 0 radical (unpaired) electrons. The molecule has 6 heteroatoms. The number of likely N-dealkylation sites (tertiary alicyclic amines) is 1. The van der Waals surface area contributed by atoms with E-state index in [0.29, 0.717) is 37.2 Å². The highest BCUT2D eigenvalue weighted by Gasteiger charge is 2.25. The fourth-order valence-electron chi connectivity index (χ4n) is 2.34. The summed E-state index contributed by atoms with van der Waals surface area (Å²) in [6.07, 6.45) is 2.95. The predicted molar refractivity (Wildman–Crippen MR) is 69.8 cm³/mol. The molecule has 1 aliphatic rings. The van der Waals surface area contributed by atoms with Gasteiger partial charge in [-0.3, -0.25) is 9.59 Å². The van der Waals surface area contributed by atoms with Crippen LogP contribution in [0, 0.1) is 17.2 Å². The van der Waals surface area contributed by atoms with E-state index in [9.17, 15) is 9.59 Å². The molecule has 0 saturated carbocycles. The molecule has 0 spiro atoms. The molecule has 2 heterocycles. The number of rotatable bonds is 3. The van der Waals surface area contributed by atoms with Crippen molar-refractivity contribution < 1.29 is 14.7 Å². The minimum atomic E-state index is -0.788. The number of amides is 1. The number of nitrogens with zero attached hydrogens (tertiary/aromatic N) is 3. The summed E-state index contributed by atoms with van der Waals surface area (Å²) in [7, 11) is 0. The Hall–Kier alpha value is -2.42. The molecule has 0 unspecified atom stereocenters. The lowest BCUT2D eigenvalue weighted by molar-refractivity contribution is -0.138. The molecule has 20 heavy (non-hydrogen) atoms. The van der Waals surface area contributed by atoms with Gasteiger partial charge in [-0.15, -0.1) is 0 Å². The number of hydrogen-bond donors (Lipinski definition) is 1. The van der Waals surface area contributed by atoms with Crippen LogP contribution in [-0.2, 0) is 4.79 Å². The SMILES string of the molecule is N#Cc1ccc(C(=O)N2CCC(CC(=O)O)CC2)nc1. The quantitative estimate of drug-likeness (QED) is 0.895. The molecular weight excluding hydrogens is 258 g/mol. The van der Waals surface area contributed by atoms with Gasteiger partial charge in [0.15, 0.2) is 0 Å².